The summed E-state index contributed by atoms with van der Waals surface area (Å²) in [6.45, 7) is 3.19. The first-order chi connectivity index (χ1) is 11.5. The highest BCUT2D eigenvalue weighted by Gasteiger charge is 2.19. The second-order valence-corrected chi connectivity index (χ2v) is 5.83. The molecule has 1 N–H and O–H groups in total. The molecule has 1 saturated heterocycles. The predicted octanol–water partition coefficient (Wildman–Crippen LogP) is 0.137. The summed E-state index contributed by atoms with van der Waals surface area (Å²) in [5, 5.41) is 2.69. The number of amides is 2. The minimum absolute atomic E-state index is 0.0375. The van der Waals surface area contributed by atoms with E-state index in [4.69, 9.17) is 9.47 Å². The molecule has 0 aromatic heterocycles. The van der Waals surface area contributed by atoms with E-state index >= 15 is 0 Å². The van der Waals surface area contributed by atoms with Crippen molar-refractivity contribution in [2.75, 3.05) is 54.0 Å². The van der Waals surface area contributed by atoms with Crippen LogP contribution in [0.4, 0.5) is 0 Å². The van der Waals surface area contributed by atoms with Crippen LogP contribution >= 0.6 is 0 Å². The first kappa shape index (κ1) is 18.1. The fourth-order valence-electron chi connectivity index (χ4n) is 2.58. The van der Waals surface area contributed by atoms with E-state index in [9.17, 15) is 9.59 Å². The summed E-state index contributed by atoms with van der Waals surface area (Å²) in [5.74, 6) is 0.969. The molecule has 1 aromatic carbocycles. The van der Waals surface area contributed by atoms with E-state index < -0.39 is 0 Å². The van der Waals surface area contributed by atoms with Crippen molar-refractivity contribution in [2.24, 2.45) is 0 Å². The second-order valence-electron chi connectivity index (χ2n) is 5.83. The average Bonchev–Trinajstić information content (AvgIpc) is 2.60. The van der Waals surface area contributed by atoms with Gasteiger partial charge in [-0.25, -0.2) is 0 Å². The van der Waals surface area contributed by atoms with Crippen molar-refractivity contribution in [1.29, 1.82) is 0 Å². The minimum Gasteiger partial charge on any atom is -0.493 e. The van der Waals surface area contributed by atoms with Gasteiger partial charge in [0.25, 0.3) is 0 Å². The highest BCUT2D eigenvalue weighted by molar-refractivity contribution is 5.85. The molecule has 0 atom stereocenters. The largest absolute Gasteiger partial charge is 0.493 e. The van der Waals surface area contributed by atoms with Gasteiger partial charge in [-0.3, -0.25) is 9.59 Å². The Morgan fingerprint density at radius 1 is 1.08 bits per heavy atom. The first-order valence-corrected chi connectivity index (χ1v) is 7.97. The molecule has 1 fully saturated rings. The Labute approximate surface area is 142 Å². The Morgan fingerprint density at radius 3 is 2.38 bits per heavy atom. The molecule has 0 radical (unpaired) electrons. The number of carbonyl (C=O) groups excluding carboxylic acids is 2. The monoisotopic (exact) mass is 335 g/mol. The maximum atomic E-state index is 12.1. The smallest absolute Gasteiger partial charge is 0.242 e. The Morgan fingerprint density at radius 2 is 1.75 bits per heavy atom. The Hall–Kier alpha value is -2.28. The molecular weight excluding hydrogens is 310 g/mol. The van der Waals surface area contributed by atoms with Gasteiger partial charge in [0.1, 0.15) is 0 Å². The second kappa shape index (κ2) is 8.54. The Kier molecular flexibility index (Phi) is 6.43. The van der Waals surface area contributed by atoms with Crippen LogP contribution in [0.25, 0.3) is 0 Å². The van der Waals surface area contributed by atoms with Gasteiger partial charge in [-0.05, 0) is 24.7 Å². The zero-order chi connectivity index (χ0) is 17.5. The quantitative estimate of drug-likeness (QED) is 0.801. The van der Waals surface area contributed by atoms with Crippen molar-refractivity contribution in [2.45, 2.75) is 6.42 Å². The van der Waals surface area contributed by atoms with Crippen LogP contribution in [0.3, 0.4) is 0 Å². The number of ether oxygens (including phenoxy) is 2. The summed E-state index contributed by atoms with van der Waals surface area (Å²) in [4.78, 5) is 28.1. The molecule has 7 heteroatoms. The van der Waals surface area contributed by atoms with Crippen molar-refractivity contribution in [3.05, 3.63) is 23.8 Å². The SMILES string of the molecule is COc1ccc(CC(=O)NCC(=O)N2CCN(C)CC2)cc1OC. The number of benzene rings is 1. The molecule has 1 heterocycles. The summed E-state index contributed by atoms with van der Waals surface area (Å²) in [5.41, 5.74) is 0.803. The fourth-order valence-corrected chi connectivity index (χ4v) is 2.58. The molecule has 0 bridgehead atoms. The number of hydrogen-bond acceptors (Lipinski definition) is 5. The van der Waals surface area contributed by atoms with Gasteiger partial charge in [0.05, 0.1) is 27.2 Å². The number of piperazine rings is 1. The van der Waals surface area contributed by atoms with Crippen LogP contribution in [0.2, 0.25) is 0 Å². The van der Waals surface area contributed by atoms with Gasteiger partial charge < -0.3 is 24.6 Å². The zero-order valence-electron chi connectivity index (χ0n) is 14.5. The van der Waals surface area contributed by atoms with Crippen molar-refractivity contribution in [1.82, 2.24) is 15.1 Å². The van der Waals surface area contributed by atoms with E-state index in [0.717, 1.165) is 18.7 Å². The van der Waals surface area contributed by atoms with Crippen LogP contribution in [-0.2, 0) is 16.0 Å². The number of likely N-dealkylation sites (N-methyl/N-ethyl adjacent to an activating group) is 1. The van der Waals surface area contributed by atoms with Crippen LogP contribution < -0.4 is 14.8 Å². The van der Waals surface area contributed by atoms with Crippen LogP contribution in [-0.4, -0.2) is 75.6 Å². The zero-order valence-corrected chi connectivity index (χ0v) is 14.5. The van der Waals surface area contributed by atoms with Gasteiger partial charge in [-0.15, -0.1) is 0 Å². The van der Waals surface area contributed by atoms with Crippen molar-refractivity contribution < 1.29 is 19.1 Å². The average molecular weight is 335 g/mol. The topological polar surface area (TPSA) is 71.1 Å². The number of nitrogens with one attached hydrogen (secondary N) is 1. The highest BCUT2D eigenvalue weighted by Crippen LogP contribution is 2.27. The lowest BCUT2D eigenvalue weighted by atomic mass is 10.1. The number of methoxy groups -OCH3 is 2. The number of rotatable bonds is 6. The van der Waals surface area contributed by atoms with Gasteiger partial charge in [0, 0.05) is 26.2 Å². The lowest BCUT2D eigenvalue weighted by molar-refractivity contribution is -0.134. The first-order valence-electron chi connectivity index (χ1n) is 7.97. The summed E-state index contributed by atoms with van der Waals surface area (Å²) in [6.07, 6.45) is 0.191. The molecule has 1 aromatic rings. The van der Waals surface area contributed by atoms with Crippen molar-refractivity contribution in [3.63, 3.8) is 0 Å². The highest BCUT2D eigenvalue weighted by atomic mass is 16.5. The fraction of sp³-hybridized carbons (Fsp3) is 0.529. The van der Waals surface area contributed by atoms with Crippen LogP contribution in [0, 0.1) is 0 Å². The maximum Gasteiger partial charge on any atom is 0.242 e. The Bertz CT molecular complexity index is 583. The molecular formula is C17H25N3O4. The van der Waals surface area contributed by atoms with E-state index in [1.54, 1.807) is 31.3 Å². The Balaban J connectivity index is 1.82. The van der Waals surface area contributed by atoms with Crippen LogP contribution in [0.1, 0.15) is 5.56 Å². The van der Waals surface area contributed by atoms with Crippen molar-refractivity contribution >= 4 is 11.8 Å². The van der Waals surface area contributed by atoms with Crippen molar-refractivity contribution in [3.8, 4) is 11.5 Å². The third-order valence-corrected chi connectivity index (χ3v) is 4.11. The van der Waals surface area contributed by atoms with E-state index in [-0.39, 0.29) is 24.8 Å². The molecule has 0 aliphatic carbocycles. The van der Waals surface area contributed by atoms with E-state index in [0.29, 0.717) is 24.6 Å². The third kappa shape index (κ3) is 4.86. The summed E-state index contributed by atoms with van der Waals surface area (Å²) < 4.78 is 10.4. The molecule has 24 heavy (non-hydrogen) atoms. The molecule has 132 valence electrons. The lowest BCUT2D eigenvalue weighted by Gasteiger charge is -2.32. The van der Waals surface area contributed by atoms with Gasteiger partial charge in [-0.2, -0.15) is 0 Å². The predicted molar refractivity (Wildman–Crippen MR) is 90.3 cm³/mol. The van der Waals surface area contributed by atoms with E-state index in [2.05, 4.69) is 10.2 Å². The summed E-state index contributed by atoms with van der Waals surface area (Å²) >= 11 is 0. The standard InChI is InChI=1S/C17H25N3O4/c1-19-6-8-20(9-7-19)17(22)12-18-16(21)11-13-4-5-14(23-2)15(10-13)24-3/h4-5,10H,6-9,11-12H2,1-3H3,(H,18,21). The maximum absolute atomic E-state index is 12.1. The molecule has 7 nitrogen and oxygen atoms in total. The van der Waals surface area contributed by atoms with Gasteiger partial charge >= 0.3 is 0 Å². The van der Waals surface area contributed by atoms with Crippen LogP contribution in [0.5, 0.6) is 11.5 Å². The molecule has 0 spiro atoms. The number of hydrogen-bond donors (Lipinski definition) is 1. The lowest BCUT2D eigenvalue weighted by Crippen LogP contribution is -2.50. The summed E-state index contributed by atoms with van der Waals surface area (Å²) in [7, 11) is 5.15. The molecule has 0 saturated carbocycles. The molecule has 0 unspecified atom stereocenters. The number of nitrogens with zero attached hydrogens (tertiary/aromatic N) is 2. The third-order valence-electron chi connectivity index (χ3n) is 4.11. The number of carbonyl (C=O) groups is 2. The van der Waals surface area contributed by atoms with Gasteiger partial charge in [0.15, 0.2) is 11.5 Å². The van der Waals surface area contributed by atoms with Gasteiger partial charge in [-0.1, -0.05) is 6.07 Å². The summed E-state index contributed by atoms with van der Waals surface area (Å²) in [6, 6.07) is 5.33. The molecule has 1 aliphatic rings. The molecule has 2 amide bonds. The molecule has 2 rings (SSSR count). The normalized spacial score (nSPS) is 15.0. The van der Waals surface area contributed by atoms with E-state index in [1.165, 1.54) is 0 Å². The minimum atomic E-state index is -0.190. The van der Waals surface area contributed by atoms with Crippen LogP contribution in [0.15, 0.2) is 18.2 Å². The van der Waals surface area contributed by atoms with Gasteiger partial charge in [0.2, 0.25) is 11.8 Å². The molecule has 1 aliphatic heterocycles. The van der Waals surface area contributed by atoms with E-state index in [1.807, 2.05) is 13.1 Å².